The van der Waals surface area contributed by atoms with E-state index < -0.39 is 25.6 Å². The Hall–Kier alpha value is -1.57. The molecule has 0 amide bonds. The standard InChI is InChI=1S/C9H11F3N3O3P/c10-9(11,12)6-1-3-7(4-2-6)15-8(13)14-5-19(16,17)18/h1-4H,5H2,(H3,13,14,15)(H2,16,17,18). The molecule has 19 heavy (non-hydrogen) atoms. The zero-order valence-electron chi connectivity index (χ0n) is 9.42. The van der Waals surface area contributed by atoms with E-state index >= 15 is 0 Å². The van der Waals surface area contributed by atoms with Crippen LogP contribution in [0.25, 0.3) is 0 Å². The van der Waals surface area contributed by atoms with Gasteiger partial charge in [-0.15, -0.1) is 0 Å². The highest BCUT2D eigenvalue weighted by molar-refractivity contribution is 7.51. The number of rotatable bonds is 3. The molecule has 0 aliphatic carbocycles. The molecule has 0 aliphatic heterocycles. The lowest BCUT2D eigenvalue weighted by Gasteiger charge is -2.09. The number of alkyl halides is 3. The van der Waals surface area contributed by atoms with E-state index in [1.54, 1.807) is 0 Å². The van der Waals surface area contributed by atoms with Crippen LogP contribution in [-0.4, -0.2) is 22.0 Å². The largest absolute Gasteiger partial charge is 0.416 e. The Kier molecular flexibility index (Phi) is 4.56. The van der Waals surface area contributed by atoms with Gasteiger partial charge in [0.15, 0.2) is 5.96 Å². The summed E-state index contributed by atoms with van der Waals surface area (Å²) < 4.78 is 47.4. The van der Waals surface area contributed by atoms with Gasteiger partial charge in [0, 0.05) is 5.69 Å². The maximum Gasteiger partial charge on any atom is 0.416 e. The highest BCUT2D eigenvalue weighted by Crippen LogP contribution is 2.34. The summed E-state index contributed by atoms with van der Waals surface area (Å²) in [6.07, 6.45) is -5.23. The highest BCUT2D eigenvalue weighted by atomic mass is 31.2. The van der Waals surface area contributed by atoms with Gasteiger partial charge in [0.25, 0.3) is 0 Å². The Morgan fingerprint density at radius 1 is 1.32 bits per heavy atom. The van der Waals surface area contributed by atoms with E-state index in [1.807, 2.05) is 0 Å². The Morgan fingerprint density at radius 2 is 1.84 bits per heavy atom. The van der Waals surface area contributed by atoms with Crippen LogP contribution in [0.2, 0.25) is 0 Å². The average Bonchev–Trinajstić information content (AvgIpc) is 2.25. The monoisotopic (exact) mass is 297 g/mol. The number of nitrogens with zero attached hydrogens (tertiary/aromatic N) is 1. The van der Waals surface area contributed by atoms with E-state index in [4.69, 9.17) is 15.5 Å². The fourth-order valence-corrected chi connectivity index (χ4v) is 1.43. The van der Waals surface area contributed by atoms with E-state index in [0.717, 1.165) is 24.3 Å². The van der Waals surface area contributed by atoms with Crippen LogP contribution in [0.1, 0.15) is 5.56 Å². The number of benzene rings is 1. The van der Waals surface area contributed by atoms with Crippen LogP contribution in [0, 0.1) is 0 Å². The number of guanidine groups is 1. The van der Waals surface area contributed by atoms with E-state index in [-0.39, 0.29) is 11.6 Å². The predicted molar refractivity (Wildman–Crippen MR) is 63.6 cm³/mol. The topological polar surface area (TPSA) is 108 Å². The Bertz CT molecular complexity index is 510. The molecule has 106 valence electrons. The van der Waals surface area contributed by atoms with E-state index in [2.05, 4.69) is 10.3 Å². The maximum absolute atomic E-state index is 12.3. The molecule has 0 saturated heterocycles. The second-order valence-electron chi connectivity index (χ2n) is 3.55. The van der Waals surface area contributed by atoms with Gasteiger partial charge in [-0.25, -0.2) is 4.99 Å². The number of halogens is 3. The second-order valence-corrected chi connectivity index (χ2v) is 5.16. The summed E-state index contributed by atoms with van der Waals surface area (Å²) in [5, 5.41) is 2.41. The Morgan fingerprint density at radius 3 is 2.26 bits per heavy atom. The molecule has 0 unspecified atom stereocenters. The quantitative estimate of drug-likeness (QED) is 0.385. The minimum absolute atomic E-state index is 0.222. The second kappa shape index (κ2) is 5.60. The van der Waals surface area contributed by atoms with Crippen LogP contribution in [0.3, 0.4) is 0 Å². The first-order valence-electron chi connectivity index (χ1n) is 4.87. The van der Waals surface area contributed by atoms with Crippen molar-refractivity contribution in [2.45, 2.75) is 6.18 Å². The zero-order chi connectivity index (χ0) is 14.7. The first-order chi connectivity index (χ1) is 8.58. The molecule has 5 N–H and O–H groups in total. The third-order valence-electron chi connectivity index (χ3n) is 1.91. The van der Waals surface area contributed by atoms with Gasteiger partial charge in [-0.05, 0) is 24.3 Å². The van der Waals surface area contributed by atoms with Gasteiger partial charge in [-0.2, -0.15) is 13.2 Å². The SMILES string of the molecule is NC(=NCP(=O)(O)O)Nc1ccc(C(F)(F)F)cc1. The van der Waals surface area contributed by atoms with Gasteiger partial charge in [0.1, 0.15) is 6.29 Å². The molecule has 10 heteroatoms. The lowest BCUT2D eigenvalue weighted by atomic mass is 10.2. The number of hydrogen-bond donors (Lipinski definition) is 4. The van der Waals surface area contributed by atoms with Crippen LogP contribution >= 0.6 is 7.60 Å². The number of nitrogens with one attached hydrogen (secondary N) is 1. The minimum atomic E-state index is -4.43. The Balaban J connectivity index is 2.71. The van der Waals surface area contributed by atoms with Crippen LogP contribution in [-0.2, 0) is 10.7 Å². The van der Waals surface area contributed by atoms with Crippen LogP contribution in [0.15, 0.2) is 29.3 Å². The molecular weight excluding hydrogens is 286 g/mol. The fraction of sp³-hybridized carbons (Fsp3) is 0.222. The molecule has 0 radical (unpaired) electrons. The van der Waals surface area contributed by atoms with Crippen molar-refractivity contribution < 1.29 is 27.5 Å². The molecule has 0 atom stereocenters. The number of aliphatic imine (C=N–C) groups is 1. The van der Waals surface area contributed by atoms with Gasteiger partial charge in [0.2, 0.25) is 0 Å². The van der Waals surface area contributed by atoms with E-state index in [1.165, 1.54) is 0 Å². The van der Waals surface area contributed by atoms with Gasteiger partial charge < -0.3 is 20.8 Å². The molecule has 0 fully saturated rings. The minimum Gasteiger partial charge on any atom is -0.370 e. The van der Waals surface area contributed by atoms with Gasteiger partial charge in [-0.1, -0.05) is 0 Å². The summed E-state index contributed by atoms with van der Waals surface area (Å²) in [5.74, 6) is -0.303. The van der Waals surface area contributed by atoms with E-state index in [9.17, 15) is 17.7 Å². The normalized spacial score (nSPS) is 13.4. The third-order valence-corrected chi connectivity index (χ3v) is 2.42. The van der Waals surface area contributed by atoms with Crippen LogP contribution < -0.4 is 11.1 Å². The van der Waals surface area contributed by atoms with Gasteiger partial charge in [-0.3, -0.25) is 4.57 Å². The highest BCUT2D eigenvalue weighted by Gasteiger charge is 2.29. The van der Waals surface area contributed by atoms with Gasteiger partial charge in [0.05, 0.1) is 5.56 Å². The number of nitrogens with two attached hydrogens (primary N) is 1. The van der Waals surface area contributed by atoms with Crippen molar-refractivity contribution in [2.75, 3.05) is 11.6 Å². The van der Waals surface area contributed by atoms with Crippen molar-refractivity contribution in [3.05, 3.63) is 29.8 Å². The lowest BCUT2D eigenvalue weighted by Crippen LogP contribution is -2.22. The predicted octanol–water partition coefficient (Wildman–Crippen LogP) is 1.57. The van der Waals surface area contributed by atoms with Crippen LogP contribution in [0.4, 0.5) is 18.9 Å². The van der Waals surface area contributed by atoms with Crippen molar-refractivity contribution >= 4 is 19.2 Å². The third kappa shape index (κ3) is 5.73. The van der Waals surface area contributed by atoms with Crippen molar-refractivity contribution in [3.8, 4) is 0 Å². The molecule has 0 heterocycles. The summed E-state index contributed by atoms with van der Waals surface area (Å²) in [6.45, 7) is 0. The van der Waals surface area contributed by atoms with Crippen LogP contribution in [0.5, 0.6) is 0 Å². The van der Waals surface area contributed by atoms with Crippen molar-refractivity contribution in [1.82, 2.24) is 0 Å². The molecule has 6 nitrogen and oxygen atoms in total. The molecular formula is C9H11F3N3O3P. The van der Waals surface area contributed by atoms with Crippen molar-refractivity contribution in [2.24, 2.45) is 10.7 Å². The van der Waals surface area contributed by atoms with E-state index in [0.29, 0.717) is 0 Å². The van der Waals surface area contributed by atoms with Gasteiger partial charge >= 0.3 is 13.8 Å². The lowest BCUT2D eigenvalue weighted by molar-refractivity contribution is -0.137. The molecule has 1 aromatic rings. The molecule has 0 aliphatic rings. The Labute approximate surface area is 106 Å². The number of anilines is 1. The molecule has 0 saturated carbocycles. The molecule has 0 spiro atoms. The molecule has 1 rings (SSSR count). The zero-order valence-corrected chi connectivity index (χ0v) is 10.3. The first kappa shape index (κ1) is 15.5. The first-order valence-corrected chi connectivity index (χ1v) is 6.66. The molecule has 0 bridgehead atoms. The fourth-order valence-electron chi connectivity index (χ4n) is 1.10. The maximum atomic E-state index is 12.3. The summed E-state index contributed by atoms with van der Waals surface area (Å²) in [5.41, 5.74) is 4.72. The summed E-state index contributed by atoms with van der Waals surface area (Å²) in [4.78, 5) is 20.5. The molecule has 0 aromatic heterocycles. The summed E-state index contributed by atoms with van der Waals surface area (Å²) in [7, 11) is -4.31. The van der Waals surface area contributed by atoms with Crippen molar-refractivity contribution in [3.63, 3.8) is 0 Å². The molecule has 1 aromatic carbocycles. The summed E-state index contributed by atoms with van der Waals surface area (Å²) >= 11 is 0. The smallest absolute Gasteiger partial charge is 0.370 e. The van der Waals surface area contributed by atoms with Crippen molar-refractivity contribution in [1.29, 1.82) is 0 Å². The number of hydrogen-bond acceptors (Lipinski definition) is 2. The summed E-state index contributed by atoms with van der Waals surface area (Å²) in [6, 6.07) is 3.95. The average molecular weight is 297 g/mol.